The molecule has 2 aromatic carbocycles. The lowest BCUT2D eigenvalue weighted by Gasteiger charge is -2.37. The molecule has 0 saturated heterocycles. The maximum absolute atomic E-state index is 10.3. The number of benzene rings is 2. The highest BCUT2D eigenvalue weighted by Crippen LogP contribution is 2.37. The summed E-state index contributed by atoms with van der Waals surface area (Å²) in [5.74, 6) is 1.56. The quantitative estimate of drug-likeness (QED) is 0.488. The minimum absolute atomic E-state index is 0.0973. The standard InChI is InChI=1S/C28H36N2O2/c31-25-17-9-7-15-23(25)19-29-27(21-11-3-1-4-12-21)28(22-13-5-2-6-14-22)30-20-24-16-8-10-18-26(24)32/h7-10,15-22,27-28,31-32H,1-6,11-14H2/t27-,28-/m1/s1. The maximum atomic E-state index is 10.3. The summed E-state index contributed by atoms with van der Waals surface area (Å²) < 4.78 is 0. The van der Waals surface area contributed by atoms with Gasteiger partial charge in [0.25, 0.3) is 0 Å². The van der Waals surface area contributed by atoms with Crippen molar-refractivity contribution in [1.82, 2.24) is 0 Å². The second-order valence-electron chi connectivity index (χ2n) is 9.45. The Bertz CT molecular complexity index is 836. The summed E-state index contributed by atoms with van der Waals surface area (Å²) in [6.07, 6.45) is 16.1. The largest absolute Gasteiger partial charge is 0.507 e. The Hall–Kier alpha value is -2.62. The van der Waals surface area contributed by atoms with Crippen molar-refractivity contribution in [3.05, 3.63) is 59.7 Å². The molecule has 32 heavy (non-hydrogen) atoms. The normalized spacial score (nSPS) is 20.6. The Morgan fingerprint density at radius 3 is 1.34 bits per heavy atom. The first-order valence-electron chi connectivity index (χ1n) is 12.3. The van der Waals surface area contributed by atoms with Crippen molar-refractivity contribution in [2.75, 3.05) is 0 Å². The summed E-state index contributed by atoms with van der Waals surface area (Å²) in [6, 6.07) is 15.0. The Labute approximate surface area is 192 Å². The van der Waals surface area contributed by atoms with Gasteiger partial charge in [-0.2, -0.15) is 0 Å². The van der Waals surface area contributed by atoms with Crippen molar-refractivity contribution in [3.63, 3.8) is 0 Å². The van der Waals surface area contributed by atoms with Crippen molar-refractivity contribution < 1.29 is 10.2 Å². The number of aromatic hydroxyl groups is 2. The summed E-state index contributed by atoms with van der Waals surface area (Å²) in [6.45, 7) is 0. The van der Waals surface area contributed by atoms with Gasteiger partial charge in [0.1, 0.15) is 11.5 Å². The molecule has 2 N–H and O–H groups in total. The van der Waals surface area contributed by atoms with Gasteiger partial charge in [-0.25, -0.2) is 0 Å². The van der Waals surface area contributed by atoms with Gasteiger partial charge in [-0.15, -0.1) is 0 Å². The van der Waals surface area contributed by atoms with Gasteiger partial charge in [0.2, 0.25) is 0 Å². The fourth-order valence-electron chi connectivity index (χ4n) is 5.46. The van der Waals surface area contributed by atoms with E-state index in [0.717, 1.165) is 11.1 Å². The van der Waals surface area contributed by atoms with Crippen molar-refractivity contribution in [3.8, 4) is 11.5 Å². The van der Waals surface area contributed by atoms with E-state index in [2.05, 4.69) is 0 Å². The summed E-state index contributed by atoms with van der Waals surface area (Å²) in [5.41, 5.74) is 1.53. The number of aliphatic imine (C=N–C) groups is 2. The third-order valence-electron chi connectivity index (χ3n) is 7.26. The molecule has 4 rings (SSSR count). The molecule has 0 bridgehead atoms. The van der Waals surface area contributed by atoms with Crippen LogP contribution in [0.2, 0.25) is 0 Å². The first-order chi connectivity index (χ1) is 15.7. The summed E-state index contributed by atoms with van der Waals surface area (Å²) in [4.78, 5) is 10.3. The molecule has 2 fully saturated rings. The SMILES string of the molecule is Oc1ccccc1C=N[C@H](C1CCCCC1)[C@H](N=Cc1ccccc1O)C1CCCCC1. The molecule has 0 heterocycles. The van der Waals surface area contributed by atoms with Crippen LogP contribution in [-0.4, -0.2) is 34.7 Å². The van der Waals surface area contributed by atoms with E-state index in [1.54, 1.807) is 12.1 Å². The van der Waals surface area contributed by atoms with Crippen LogP contribution in [0.25, 0.3) is 0 Å². The monoisotopic (exact) mass is 432 g/mol. The molecular weight excluding hydrogens is 396 g/mol. The molecule has 0 amide bonds. The zero-order valence-electron chi connectivity index (χ0n) is 18.9. The zero-order valence-corrected chi connectivity index (χ0v) is 18.9. The fourth-order valence-corrected chi connectivity index (χ4v) is 5.46. The molecule has 170 valence electrons. The molecule has 0 unspecified atom stereocenters. The van der Waals surface area contributed by atoms with Crippen LogP contribution in [0.5, 0.6) is 11.5 Å². The highest BCUT2D eigenvalue weighted by Gasteiger charge is 2.35. The van der Waals surface area contributed by atoms with E-state index in [4.69, 9.17) is 9.98 Å². The minimum atomic E-state index is 0.0973. The van der Waals surface area contributed by atoms with Crippen molar-refractivity contribution >= 4 is 12.4 Å². The van der Waals surface area contributed by atoms with Crippen LogP contribution in [0.15, 0.2) is 58.5 Å². The first-order valence-corrected chi connectivity index (χ1v) is 12.3. The van der Waals surface area contributed by atoms with Gasteiger partial charge < -0.3 is 10.2 Å². The van der Waals surface area contributed by atoms with Gasteiger partial charge >= 0.3 is 0 Å². The smallest absolute Gasteiger partial charge is 0.124 e. The van der Waals surface area contributed by atoms with Crippen LogP contribution >= 0.6 is 0 Å². The molecule has 2 saturated carbocycles. The first kappa shape index (κ1) is 22.6. The van der Waals surface area contributed by atoms with E-state index in [0.29, 0.717) is 11.8 Å². The van der Waals surface area contributed by atoms with Crippen molar-refractivity contribution in [2.45, 2.75) is 76.3 Å². The van der Waals surface area contributed by atoms with Gasteiger partial charge in [-0.05, 0) is 61.8 Å². The molecule has 0 spiro atoms. The number of para-hydroxylation sites is 2. The van der Waals surface area contributed by atoms with Crippen molar-refractivity contribution in [1.29, 1.82) is 0 Å². The molecule has 2 aliphatic carbocycles. The lowest BCUT2D eigenvalue weighted by atomic mass is 9.74. The number of phenols is 2. The highest BCUT2D eigenvalue weighted by atomic mass is 16.3. The van der Waals surface area contributed by atoms with E-state index >= 15 is 0 Å². The number of hydrogen-bond donors (Lipinski definition) is 2. The number of phenolic OH excluding ortho intramolecular Hbond substituents is 2. The maximum Gasteiger partial charge on any atom is 0.124 e. The number of nitrogens with zero attached hydrogens (tertiary/aromatic N) is 2. The molecule has 0 aromatic heterocycles. The van der Waals surface area contributed by atoms with Gasteiger partial charge in [0, 0.05) is 23.6 Å². The average molecular weight is 433 g/mol. The van der Waals surface area contributed by atoms with Crippen LogP contribution in [0, 0.1) is 11.8 Å². The molecule has 2 atom stereocenters. The highest BCUT2D eigenvalue weighted by molar-refractivity contribution is 5.84. The van der Waals surface area contributed by atoms with Crippen LogP contribution in [-0.2, 0) is 0 Å². The van der Waals surface area contributed by atoms with Crippen LogP contribution < -0.4 is 0 Å². The van der Waals surface area contributed by atoms with E-state index in [-0.39, 0.29) is 23.6 Å². The zero-order chi connectivity index (χ0) is 22.2. The fraction of sp³-hybridized carbons (Fsp3) is 0.500. The van der Waals surface area contributed by atoms with Crippen LogP contribution in [0.1, 0.15) is 75.3 Å². The molecule has 2 aliphatic rings. The Morgan fingerprint density at radius 2 is 0.969 bits per heavy atom. The van der Waals surface area contributed by atoms with Gasteiger partial charge in [-0.1, -0.05) is 62.8 Å². The lowest BCUT2D eigenvalue weighted by molar-refractivity contribution is 0.214. The van der Waals surface area contributed by atoms with Crippen LogP contribution in [0.4, 0.5) is 0 Å². The molecule has 2 aromatic rings. The Morgan fingerprint density at radius 1 is 0.594 bits per heavy atom. The van der Waals surface area contributed by atoms with E-state index in [1.807, 2.05) is 48.8 Å². The summed E-state index contributed by atoms with van der Waals surface area (Å²) in [7, 11) is 0. The lowest BCUT2D eigenvalue weighted by Crippen LogP contribution is -2.38. The average Bonchev–Trinajstić information content (AvgIpc) is 2.84. The van der Waals surface area contributed by atoms with Gasteiger partial charge in [0.15, 0.2) is 0 Å². The Balaban J connectivity index is 1.67. The number of rotatable bonds is 7. The topological polar surface area (TPSA) is 65.2 Å². The molecule has 0 aliphatic heterocycles. The molecule has 4 nitrogen and oxygen atoms in total. The second kappa shape index (κ2) is 11.3. The summed E-state index contributed by atoms with van der Waals surface area (Å²) in [5, 5.41) is 20.5. The predicted octanol–water partition coefficient (Wildman–Crippen LogP) is 6.53. The third-order valence-corrected chi connectivity index (χ3v) is 7.26. The number of hydrogen-bond acceptors (Lipinski definition) is 4. The van der Waals surface area contributed by atoms with E-state index in [1.165, 1.54) is 64.2 Å². The molecular formula is C28H36N2O2. The molecule has 0 radical (unpaired) electrons. The van der Waals surface area contributed by atoms with E-state index in [9.17, 15) is 10.2 Å². The Kier molecular flexibility index (Phi) is 7.97. The summed E-state index contributed by atoms with van der Waals surface area (Å²) >= 11 is 0. The van der Waals surface area contributed by atoms with Gasteiger partial charge in [0.05, 0.1) is 12.1 Å². The minimum Gasteiger partial charge on any atom is -0.507 e. The van der Waals surface area contributed by atoms with E-state index < -0.39 is 0 Å². The van der Waals surface area contributed by atoms with Gasteiger partial charge in [-0.3, -0.25) is 9.98 Å². The molecule has 4 heteroatoms. The van der Waals surface area contributed by atoms with Crippen LogP contribution in [0.3, 0.4) is 0 Å². The van der Waals surface area contributed by atoms with Crippen molar-refractivity contribution in [2.24, 2.45) is 21.8 Å². The third kappa shape index (κ3) is 5.79. The predicted molar refractivity (Wildman–Crippen MR) is 132 cm³/mol. The second-order valence-corrected chi connectivity index (χ2v) is 9.45.